The van der Waals surface area contributed by atoms with Crippen LogP contribution in [0.5, 0.6) is 0 Å². The van der Waals surface area contributed by atoms with Crippen LogP contribution >= 0.6 is 7.82 Å². The zero-order chi connectivity index (χ0) is 43.4. The Labute approximate surface area is 363 Å². The van der Waals surface area contributed by atoms with E-state index in [4.69, 9.17) is 18.5 Å². The van der Waals surface area contributed by atoms with Gasteiger partial charge in [-0.25, -0.2) is 0 Å². The molecule has 0 amide bonds. The largest absolute Gasteiger partial charge is 0.756 e. The fourth-order valence-corrected chi connectivity index (χ4v) is 6.82. The summed E-state index contributed by atoms with van der Waals surface area (Å²) in [7, 11) is 1.33. The molecule has 0 heterocycles. The third-order valence-corrected chi connectivity index (χ3v) is 10.7. The molecular formula is C50H90NO7P. The molecule has 2 atom stereocenters. The number of phosphoric acid groups is 1. The van der Waals surface area contributed by atoms with Gasteiger partial charge in [-0.1, -0.05) is 164 Å². The highest BCUT2D eigenvalue weighted by atomic mass is 31.2. The molecular weight excluding hydrogens is 758 g/mol. The summed E-state index contributed by atoms with van der Waals surface area (Å²) in [4.78, 5) is 25.1. The van der Waals surface area contributed by atoms with Crippen LogP contribution in [-0.2, 0) is 27.9 Å². The zero-order valence-corrected chi connectivity index (χ0v) is 39.6. The Morgan fingerprint density at radius 3 is 1.47 bits per heavy atom. The first kappa shape index (κ1) is 56.9. The Balaban J connectivity index is 4.23. The van der Waals surface area contributed by atoms with Crippen LogP contribution < -0.4 is 4.89 Å². The van der Waals surface area contributed by atoms with Crippen molar-refractivity contribution in [3.63, 3.8) is 0 Å². The molecule has 8 nitrogen and oxygen atoms in total. The predicted octanol–water partition coefficient (Wildman–Crippen LogP) is 13.6. The fraction of sp³-hybridized carbons (Fsp3) is 0.740. The van der Waals surface area contributed by atoms with Crippen LogP contribution in [0.1, 0.15) is 181 Å². The predicted molar refractivity (Wildman–Crippen MR) is 249 cm³/mol. The highest BCUT2D eigenvalue weighted by Crippen LogP contribution is 2.38. The number of nitrogens with zero attached hydrogens (tertiary/aromatic N) is 1. The molecule has 0 aromatic heterocycles. The molecule has 9 heteroatoms. The molecule has 59 heavy (non-hydrogen) atoms. The second-order valence-corrected chi connectivity index (χ2v) is 18.1. The first-order valence-corrected chi connectivity index (χ1v) is 25.1. The number of allylic oxidation sites excluding steroid dienone is 12. The van der Waals surface area contributed by atoms with Crippen molar-refractivity contribution in [1.82, 2.24) is 0 Å². The van der Waals surface area contributed by atoms with Gasteiger partial charge in [0.1, 0.15) is 19.3 Å². The molecule has 0 fully saturated rings. The molecule has 0 N–H and O–H groups in total. The highest BCUT2D eigenvalue weighted by Gasteiger charge is 2.20. The summed E-state index contributed by atoms with van der Waals surface area (Å²) in [5.41, 5.74) is 0. The van der Waals surface area contributed by atoms with E-state index in [2.05, 4.69) is 86.8 Å². The van der Waals surface area contributed by atoms with E-state index in [1.807, 2.05) is 21.1 Å². The zero-order valence-electron chi connectivity index (χ0n) is 38.7. The summed E-state index contributed by atoms with van der Waals surface area (Å²) >= 11 is 0. The van der Waals surface area contributed by atoms with Crippen molar-refractivity contribution in [2.24, 2.45) is 0 Å². The van der Waals surface area contributed by atoms with Crippen molar-refractivity contribution in [1.29, 1.82) is 0 Å². The summed E-state index contributed by atoms with van der Waals surface area (Å²) in [5.74, 6) is -0.349. The lowest BCUT2D eigenvalue weighted by Gasteiger charge is -2.28. The average Bonchev–Trinajstić information content (AvgIpc) is 3.19. The number of quaternary nitrogens is 1. The van der Waals surface area contributed by atoms with Crippen LogP contribution in [0.4, 0.5) is 0 Å². The molecule has 0 aromatic rings. The van der Waals surface area contributed by atoms with Gasteiger partial charge in [0.15, 0.2) is 0 Å². The minimum Gasteiger partial charge on any atom is -0.756 e. The number of hydrogen-bond acceptors (Lipinski definition) is 7. The number of ether oxygens (including phenoxy) is 2. The Hall–Kier alpha value is -2.06. The van der Waals surface area contributed by atoms with Crippen LogP contribution in [0, 0.1) is 0 Å². The van der Waals surface area contributed by atoms with Crippen LogP contribution in [0.25, 0.3) is 0 Å². The first-order valence-electron chi connectivity index (χ1n) is 23.7. The minimum absolute atomic E-state index is 0.0187. The van der Waals surface area contributed by atoms with Crippen molar-refractivity contribution < 1.29 is 37.3 Å². The summed E-state index contributed by atoms with van der Waals surface area (Å²) in [6.07, 6.45) is 54.8. The monoisotopic (exact) mass is 848 g/mol. The molecule has 0 saturated carbocycles. The van der Waals surface area contributed by atoms with Gasteiger partial charge in [0, 0.05) is 13.0 Å². The summed E-state index contributed by atoms with van der Waals surface area (Å²) in [6.45, 7) is 5.23. The van der Waals surface area contributed by atoms with E-state index in [9.17, 15) is 14.3 Å². The van der Waals surface area contributed by atoms with E-state index in [1.165, 1.54) is 77.0 Å². The topological polar surface area (TPSA) is 94.1 Å². The van der Waals surface area contributed by atoms with Crippen molar-refractivity contribution in [2.45, 2.75) is 187 Å². The van der Waals surface area contributed by atoms with Gasteiger partial charge in [0.2, 0.25) is 0 Å². The van der Waals surface area contributed by atoms with E-state index in [1.54, 1.807) is 0 Å². The van der Waals surface area contributed by atoms with Gasteiger partial charge in [-0.3, -0.25) is 9.36 Å². The van der Waals surface area contributed by atoms with Gasteiger partial charge >= 0.3 is 5.97 Å². The second kappa shape index (κ2) is 42.6. The van der Waals surface area contributed by atoms with E-state index in [0.29, 0.717) is 24.1 Å². The number of likely N-dealkylation sites (N-methyl/N-ethyl adjacent to an activating group) is 1. The summed E-state index contributed by atoms with van der Waals surface area (Å²) in [6, 6.07) is 0. The maximum atomic E-state index is 12.7. The van der Waals surface area contributed by atoms with Crippen molar-refractivity contribution in [3.05, 3.63) is 72.9 Å². The van der Waals surface area contributed by atoms with Gasteiger partial charge in [0.25, 0.3) is 7.82 Å². The number of phosphoric ester groups is 1. The van der Waals surface area contributed by atoms with Crippen LogP contribution in [0.3, 0.4) is 0 Å². The van der Waals surface area contributed by atoms with Crippen LogP contribution in [0.2, 0.25) is 0 Å². The van der Waals surface area contributed by atoms with E-state index >= 15 is 0 Å². The first-order chi connectivity index (χ1) is 28.6. The van der Waals surface area contributed by atoms with Gasteiger partial charge in [-0.05, 0) is 83.5 Å². The number of unbranched alkanes of at least 4 members (excludes halogenated alkanes) is 17. The number of esters is 1. The molecule has 0 aliphatic rings. The number of carbonyl (C=O) groups excluding carboxylic acids is 1. The van der Waals surface area contributed by atoms with E-state index in [0.717, 1.165) is 83.5 Å². The lowest BCUT2D eigenvalue weighted by molar-refractivity contribution is -0.870. The molecule has 0 aliphatic heterocycles. The number of rotatable bonds is 43. The Bertz CT molecular complexity index is 1170. The normalized spacial score (nSPS) is 14.3. The molecule has 0 spiro atoms. The van der Waals surface area contributed by atoms with Crippen LogP contribution in [-0.4, -0.2) is 70.7 Å². The molecule has 0 saturated heterocycles. The minimum atomic E-state index is -4.54. The fourth-order valence-electron chi connectivity index (χ4n) is 6.10. The van der Waals surface area contributed by atoms with Gasteiger partial charge in [-0.15, -0.1) is 0 Å². The molecule has 2 unspecified atom stereocenters. The van der Waals surface area contributed by atoms with Crippen molar-refractivity contribution in [3.8, 4) is 0 Å². The van der Waals surface area contributed by atoms with E-state index in [-0.39, 0.29) is 25.8 Å². The summed E-state index contributed by atoms with van der Waals surface area (Å²) in [5, 5.41) is 0. The third kappa shape index (κ3) is 46.9. The lowest BCUT2D eigenvalue weighted by Crippen LogP contribution is -2.37. The average molecular weight is 848 g/mol. The molecule has 0 aliphatic carbocycles. The van der Waals surface area contributed by atoms with Gasteiger partial charge < -0.3 is 27.9 Å². The molecule has 0 radical (unpaired) electrons. The van der Waals surface area contributed by atoms with Crippen molar-refractivity contribution >= 4 is 13.8 Å². The van der Waals surface area contributed by atoms with Crippen molar-refractivity contribution in [2.75, 3.05) is 54.1 Å². The maximum absolute atomic E-state index is 12.7. The standard InChI is InChI=1S/C50H90NO7P/c1-6-8-10-12-14-16-18-20-22-24-25-26-27-28-29-31-33-35-37-39-41-43-50(52)58-49(48-57-59(53,54)56-46-44-51(3,4)5)47-55-45-42-40-38-36-34-32-30-23-21-19-17-15-13-11-9-7-2/h8,10,14-17,20-23,25-26,49H,6-7,9,11-13,18-19,24,27-48H2,1-5H3/b10-8-,16-14-,17-15-,22-20-,23-21-,26-25-. The molecule has 342 valence electrons. The number of carbonyl (C=O) groups is 1. The third-order valence-electron chi connectivity index (χ3n) is 9.74. The molecule has 0 rings (SSSR count). The quantitative estimate of drug-likeness (QED) is 0.0198. The van der Waals surface area contributed by atoms with Gasteiger partial charge in [-0.2, -0.15) is 0 Å². The lowest BCUT2D eigenvalue weighted by atomic mass is 10.1. The Morgan fingerprint density at radius 2 is 0.983 bits per heavy atom. The highest BCUT2D eigenvalue weighted by molar-refractivity contribution is 7.45. The summed E-state index contributed by atoms with van der Waals surface area (Å²) < 4.78 is 34.6. The molecule has 0 bridgehead atoms. The molecule has 0 aromatic carbocycles. The second-order valence-electron chi connectivity index (χ2n) is 16.7. The van der Waals surface area contributed by atoms with Crippen LogP contribution in [0.15, 0.2) is 72.9 Å². The maximum Gasteiger partial charge on any atom is 0.306 e. The van der Waals surface area contributed by atoms with Gasteiger partial charge in [0.05, 0.1) is 34.4 Å². The SMILES string of the molecule is CC/C=C\C/C=C\C/C=C\C/C=C\CCCCCCCCCCC(=O)OC(COCCCCCCCC/C=C\C/C=C\CCCCC)COP(=O)([O-])OCC[N+](C)(C)C. The van der Waals surface area contributed by atoms with E-state index < -0.39 is 13.9 Å². The Kier molecular flexibility index (Phi) is 41.1. The Morgan fingerprint density at radius 1 is 0.542 bits per heavy atom. The smallest absolute Gasteiger partial charge is 0.306 e. The number of hydrogen-bond donors (Lipinski definition) is 0.